The van der Waals surface area contributed by atoms with Gasteiger partial charge in [0.15, 0.2) is 11.4 Å². The van der Waals surface area contributed by atoms with Gasteiger partial charge >= 0.3 is 0 Å². The summed E-state index contributed by atoms with van der Waals surface area (Å²) in [5.41, 5.74) is -0.888. The van der Waals surface area contributed by atoms with Crippen LogP contribution in [0.5, 0.6) is 0 Å². The maximum atomic E-state index is 12.1. The summed E-state index contributed by atoms with van der Waals surface area (Å²) in [6.45, 7) is 2.02. The van der Waals surface area contributed by atoms with Gasteiger partial charge in [-0.1, -0.05) is 13.3 Å². The van der Waals surface area contributed by atoms with Crippen LogP contribution in [-0.4, -0.2) is 23.6 Å². The summed E-state index contributed by atoms with van der Waals surface area (Å²) in [4.78, 5) is 12.1. The van der Waals surface area contributed by atoms with Crippen molar-refractivity contribution in [2.75, 3.05) is 0 Å². The van der Waals surface area contributed by atoms with Crippen LogP contribution in [-0.2, 0) is 18.4 Å². The van der Waals surface area contributed by atoms with E-state index in [0.717, 1.165) is 6.42 Å². The molecule has 0 radical (unpaired) electrons. The first-order valence-corrected chi connectivity index (χ1v) is 6.70. The molecule has 0 N–H and O–H groups in total. The van der Waals surface area contributed by atoms with Gasteiger partial charge in [-0.3, -0.25) is 4.79 Å². The minimum atomic E-state index is -0.888. The van der Waals surface area contributed by atoms with Crippen molar-refractivity contribution in [3.05, 3.63) is 0 Å². The molecule has 7 heteroatoms. The van der Waals surface area contributed by atoms with Crippen LogP contribution in [0.1, 0.15) is 32.6 Å². The van der Waals surface area contributed by atoms with E-state index in [-0.39, 0.29) is 18.0 Å². The molecule has 0 aliphatic heterocycles. The normalized spacial score (nSPS) is 35.4. The van der Waals surface area contributed by atoms with Crippen molar-refractivity contribution in [2.45, 2.75) is 50.4 Å². The summed E-state index contributed by atoms with van der Waals surface area (Å²) in [7, 11) is 6.63. The monoisotopic (exact) mass is 284 g/mol. The Kier molecular flexibility index (Phi) is 6.23. The topological polar surface area (TPSA) is 44.8 Å². The molecule has 1 saturated carbocycles. The van der Waals surface area contributed by atoms with Crippen LogP contribution in [0, 0.1) is 0 Å². The van der Waals surface area contributed by atoms with E-state index in [1.807, 2.05) is 6.92 Å². The van der Waals surface area contributed by atoms with Crippen molar-refractivity contribution in [3.63, 3.8) is 0 Å². The van der Waals surface area contributed by atoms with E-state index in [9.17, 15) is 4.79 Å². The molecule has 0 bridgehead atoms. The molecule has 0 spiro atoms. The number of Topliss-reactive ketones (excluding diaryl/α,β-unsaturated/α-hetero) is 1. The van der Waals surface area contributed by atoms with Crippen LogP contribution >= 0.6 is 28.4 Å². The molecule has 0 heterocycles. The lowest BCUT2D eigenvalue weighted by Crippen LogP contribution is -2.58. The quantitative estimate of drug-likeness (QED) is 0.725. The van der Waals surface area contributed by atoms with Crippen molar-refractivity contribution in [2.24, 2.45) is 0 Å². The Morgan fingerprint density at radius 1 is 1.38 bits per heavy atom. The van der Waals surface area contributed by atoms with Gasteiger partial charge in [0.25, 0.3) is 0 Å². The van der Waals surface area contributed by atoms with Gasteiger partial charge in [0, 0.05) is 34.8 Å². The van der Waals surface area contributed by atoms with Gasteiger partial charge in [-0.15, -0.1) is 0 Å². The van der Waals surface area contributed by atoms with Crippen LogP contribution in [0.2, 0.25) is 0 Å². The predicted octanol–water partition coefficient (Wildman–Crippen LogP) is 2.05. The van der Waals surface area contributed by atoms with Crippen molar-refractivity contribution in [1.82, 2.24) is 0 Å². The lowest BCUT2D eigenvalue weighted by Gasteiger charge is -2.43. The van der Waals surface area contributed by atoms with Crippen molar-refractivity contribution in [1.29, 1.82) is 0 Å². The van der Waals surface area contributed by atoms with Crippen LogP contribution in [0.25, 0.3) is 0 Å². The highest BCUT2D eigenvalue weighted by Crippen LogP contribution is 2.39. The Balaban J connectivity index is 3.00. The molecule has 1 aliphatic rings. The Morgan fingerprint density at radius 2 is 2.06 bits per heavy atom. The van der Waals surface area contributed by atoms with E-state index in [1.54, 1.807) is 0 Å². The number of hydrogen-bond donors (Lipinski definition) is 0. The second kappa shape index (κ2) is 6.69. The predicted molar refractivity (Wildman–Crippen MR) is 71.8 cm³/mol. The highest BCUT2D eigenvalue weighted by molar-refractivity contribution is 7.10. The molecule has 0 saturated heterocycles. The Morgan fingerprint density at radius 3 is 2.50 bits per heavy atom. The minimum Gasteiger partial charge on any atom is -0.360 e. The first-order valence-electron chi connectivity index (χ1n) is 5.28. The van der Waals surface area contributed by atoms with Gasteiger partial charge in [0.2, 0.25) is 0 Å². The van der Waals surface area contributed by atoms with Crippen LogP contribution in [0.15, 0.2) is 0 Å². The largest absolute Gasteiger partial charge is 0.360 e. The van der Waals surface area contributed by atoms with E-state index < -0.39 is 5.60 Å². The fraction of sp³-hybridized carbons (Fsp3) is 0.889. The zero-order chi connectivity index (χ0) is 12.2. The molecule has 6 atom stereocenters. The first kappa shape index (κ1) is 14.9. The van der Waals surface area contributed by atoms with Gasteiger partial charge in [-0.05, 0) is 12.8 Å². The van der Waals surface area contributed by atoms with Crippen LogP contribution in [0.4, 0.5) is 0 Å². The van der Waals surface area contributed by atoms with E-state index in [1.165, 1.54) is 0 Å². The van der Waals surface area contributed by atoms with E-state index >= 15 is 0 Å². The van der Waals surface area contributed by atoms with E-state index in [2.05, 4.69) is 28.4 Å². The number of carbonyl (C=O) groups is 1. The summed E-state index contributed by atoms with van der Waals surface area (Å²) in [6.07, 6.45) is 2.12. The van der Waals surface area contributed by atoms with Gasteiger partial charge in [0.1, 0.15) is 6.10 Å². The molecule has 4 nitrogen and oxygen atoms in total. The second-order valence-electron chi connectivity index (χ2n) is 3.95. The molecule has 0 aromatic rings. The van der Waals surface area contributed by atoms with Gasteiger partial charge < -0.3 is 13.6 Å². The van der Waals surface area contributed by atoms with Crippen LogP contribution in [0.3, 0.4) is 0 Å². The fourth-order valence-corrected chi connectivity index (χ4v) is 3.33. The average molecular weight is 284 g/mol. The van der Waals surface area contributed by atoms with Crippen molar-refractivity contribution < 1.29 is 18.4 Å². The number of hydrogen-bond acceptors (Lipinski definition) is 4. The minimum absolute atomic E-state index is 0.0927. The van der Waals surface area contributed by atoms with Gasteiger partial charge in [-0.25, -0.2) is 0 Å². The smallest absolute Gasteiger partial charge is 0.167 e. The first-order chi connectivity index (χ1) is 7.66. The lowest BCUT2D eigenvalue weighted by molar-refractivity contribution is -0.156. The number of rotatable bonds is 5. The summed E-state index contributed by atoms with van der Waals surface area (Å²) >= 11 is 0. The molecule has 3 unspecified atom stereocenters. The summed E-state index contributed by atoms with van der Waals surface area (Å²) in [6, 6.07) is 0. The number of carbonyl (C=O) groups excluding carboxylic acids is 1. The van der Waals surface area contributed by atoms with Crippen molar-refractivity contribution in [3.8, 4) is 0 Å². The summed E-state index contributed by atoms with van der Waals surface area (Å²) < 4.78 is 16.0. The highest BCUT2D eigenvalue weighted by atomic mass is 31.0. The summed E-state index contributed by atoms with van der Waals surface area (Å²) in [5, 5.41) is 0. The molecule has 0 aromatic heterocycles. The Bertz CT molecular complexity index is 251. The SMILES string of the molecule is CCC[C@]1(OP)C(=O)CC[C@H](OP)[C@H]1OP. The molecule has 94 valence electrons. The van der Waals surface area contributed by atoms with Crippen LogP contribution < -0.4 is 0 Å². The molecule has 1 aliphatic carbocycles. The fourth-order valence-electron chi connectivity index (χ4n) is 2.28. The van der Waals surface area contributed by atoms with Crippen molar-refractivity contribution >= 4 is 34.2 Å². The summed E-state index contributed by atoms with van der Waals surface area (Å²) in [5.74, 6) is 0.0927. The molecule has 16 heavy (non-hydrogen) atoms. The third-order valence-corrected chi connectivity index (χ3v) is 4.14. The third kappa shape index (κ3) is 2.64. The molecule has 0 aromatic carbocycles. The zero-order valence-corrected chi connectivity index (χ0v) is 12.8. The molecule has 1 rings (SSSR count). The van der Waals surface area contributed by atoms with E-state index in [4.69, 9.17) is 13.6 Å². The van der Waals surface area contributed by atoms with Gasteiger partial charge in [-0.2, -0.15) is 0 Å². The zero-order valence-electron chi connectivity index (χ0n) is 9.35. The molecular formula is C9H19O4P3. The second-order valence-corrected chi connectivity index (χ2v) is 4.73. The average Bonchev–Trinajstić information content (AvgIpc) is 2.31. The Hall–Kier alpha value is 0.840. The standard InChI is InChI=1S/C9H19O4P3/c1-2-5-9(13-16)7(10)4-3-6(11-14)8(9)12-15/h6,8H,2-5,14-16H2,1H3/t6-,8+,9-/m0/s1. The number of ketones is 1. The maximum absolute atomic E-state index is 12.1. The molecular weight excluding hydrogens is 265 g/mol. The Labute approximate surface area is 103 Å². The lowest BCUT2D eigenvalue weighted by atomic mass is 9.77. The molecule has 0 amide bonds. The highest BCUT2D eigenvalue weighted by Gasteiger charge is 2.52. The molecule has 1 fully saturated rings. The van der Waals surface area contributed by atoms with Gasteiger partial charge in [0.05, 0.1) is 6.10 Å². The third-order valence-electron chi connectivity index (χ3n) is 3.08. The maximum Gasteiger partial charge on any atom is 0.167 e. The van der Waals surface area contributed by atoms with E-state index in [0.29, 0.717) is 19.3 Å².